The first-order valence-corrected chi connectivity index (χ1v) is 12.3. The molecule has 1 aliphatic heterocycles. The van der Waals surface area contributed by atoms with Crippen LogP contribution in [0.4, 0.5) is 11.4 Å². The molecule has 1 aliphatic rings. The van der Waals surface area contributed by atoms with Gasteiger partial charge in [0.05, 0.1) is 0 Å². The number of hydrogen-bond acceptors (Lipinski definition) is 4. The number of piperazine rings is 1. The Balaban J connectivity index is 1.18. The average Bonchev–Trinajstić information content (AvgIpc) is 2.90. The molecule has 2 N–H and O–H groups in total. The van der Waals surface area contributed by atoms with Crippen LogP contribution in [0.2, 0.25) is 0 Å². The van der Waals surface area contributed by atoms with E-state index in [9.17, 15) is 9.59 Å². The molecule has 182 valence electrons. The molecule has 0 saturated carbocycles. The summed E-state index contributed by atoms with van der Waals surface area (Å²) in [5.41, 5.74) is 5.52. The van der Waals surface area contributed by atoms with E-state index in [1.54, 1.807) is 12.1 Å². The number of rotatable bonds is 6. The third kappa shape index (κ3) is 5.56. The standard InChI is InChI=1S/C30H30N4O2/c1-22-6-5-9-24(20-22)28-15-14-27(30(36)32-28)29(35)31-25-10-12-26(13-11-25)34-18-16-33(17-19-34)21-23-7-3-2-4-8-23/h2-15,20H,16-19,21H2,1H3,(H,31,35)(H,32,36). The summed E-state index contributed by atoms with van der Waals surface area (Å²) in [5.74, 6) is -0.422. The highest BCUT2D eigenvalue weighted by Crippen LogP contribution is 2.21. The van der Waals surface area contributed by atoms with Crippen molar-refractivity contribution in [1.82, 2.24) is 9.88 Å². The van der Waals surface area contributed by atoms with Gasteiger partial charge in [0.15, 0.2) is 0 Å². The van der Waals surface area contributed by atoms with Crippen molar-refractivity contribution in [2.45, 2.75) is 13.5 Å². The van der Waals surface area contributed by atoms with Gasteiger partial charge in [0.2, 0.25) is 0 Å². The maximum atomic E-state index is 12.8. The van der Waals surface area contributed by atoms with Gasteiger partial charge >= 0.3 is 0 Å². The van der Waals surface area contributed by atoms with Crippen LogP contribution in [0, 0.1) is 6.92 Å². The van der Waals surface area contributed by atoms with Gasteiger partial charge in [0, 0.05) is 49.8 Å². The minimum atomic E-state index is -0.422. The number of pyridine rings is 1. The van der Waals surface area contributed by atoms with Crippen LogP contribution in [-0.4, -0.2) is 42.0 Å². The molecular formula is C30H30N4O2. The zero-order chi connectivity index (χ0) is 24.9. The number of aryl methyl sites for hydroxylation is 1. The highest BCUT2D eigenvalue weighted by Gasteiger charge is 2.18. The molecule has 1 aromatic heterocycles. The Bertz CT molecular complexity index is 1390. The summed E-state index contributed by atoms with van der Waals surface area (Å²) in [6.07, 6.45) is 0. The van der Waals surface area contributed by atoms with Crippen molar-refractivity contribution in [3.05, 3.63) is 118 Å². The summed E-state index contributed by atoms with van der Waals surface area (Å²) in [6, 6.07) is 29.6. The molecule has 0 bridgehead atoms. The Morgan fingerprint density at radius 2 is 1.61 bits per heavy atom. The highest BCUT2D eigenvalue weighted by atomic mass is 16.2. The fourth-order valence-corrected chi connectivity index (χ4v) is 4.59. The van der Waals surface area contributed by atoms with Crippen molar-refractivity contribution < 1.29 is 4.79 Å². The highest BCUT2D eigenvalue weighted by molar-refractivity contribution is 6.04. The van der Waals surface area contributed by atoms with Crippen LogP contribution < -0.4 is 15.8 Å². The number of H-pyrrole nitrogens is 1. The van der Waals surface area contributed by atoms with E-state index in [1.807, 2.05) is 61.5 Å². The molecule has 0 aliphatic carbocycles. The summed E-state index contributed by atoms with van der Waals surface area (Å²) in [7, 11) is 0. The largest absolute Gasteiger partial charge is 0.369 e. The summed E-state index contributed by atoms with van der Waals surface area (Å²) >= 11 is 0. The van der Waals surface area contributed by atoms with E-state index in [4.69, 9.17) is 0 Å². The first-order chi connectivity index (χ1) is 17.5. The van der Waals surface area contributed by atoms with Gasteiger partial charge in [-0.3, -0.25) is 14.5 Å². The second kappa shape index (κ2) is 10.6. The fraction of sp³-hybridized carbons (Fsp3) is 0.200. The van der Waals surface area contributed by atoms with Crippen LogP contribution in [0.1, 0.15) is 21.5 Å². The van der Waals surface area contributed by atoms with Crippen LogP contribution in [0.15, 0.2) is 95.8 Å². The van der Waals surface area contributed by atoms with Gasteiger partial charge in [0.25, 0.3) is 11.5 Å². The van der Waals surface area contributed by atoms with E-state index in [2.05, 4.69) is 44.4 Å². The van der Waals surface area contributed by atoms with Crippen LogP contribution in [0.25, 0.3) is 11.3 Å². The molecule has 1 saturated heterocycles. The van der Waals surface area contributed by atoms with Gasteiger partial charge in [0.1, 0.15) is 5.56 Å². The molecule has 1 amide bonds. The molecule has 0 radical (unpaired) electrons. The maximum absolute atomic E-state index is 12.8. The van der Waals surface area contributed by atoms with Crippen molar-refractivity contribution in [3.63, 3.8) is 0 Å². The maximum Gasteiger partial charge on any atom is 0.261 e. The molecule has 3 aromatic carbocycles. The topological polar surface area (TPSA) is 68.4 Å². The zero-order valence-corrected chi connectivity index (χ0v) is 20.4. The van der Waals surface area contributed by atoms with Crippen LogP contribution in [0.5, 0.6) is 0 Å². The van der Waals surface area contributed by atoms with Gasteiger partial charge in [-0.1, -0.05) is 54.1 Å². The van der Waals surface area contributed by atoms with E-state index in [0.29, 0.717) is 11.4 Å². The Kier molecular flexibility index (Phi) is 6.96. The number of benzene rings is 3. The molecule has 0 atom stereocenters. The van der Waals surface area contributed by atoms with Crippen LogP contribution >= 0.6 is 0 Å². The fourth-order valence-electron chi connectivity index (χ4n) is 4.59. The lowest BCUT2D eigenvalue weighted by Gasteiger charge is -2.36. The minimum Gasteiger partial charge on any atom is -0.369 e. The number of hydrogen-bond donors (Lipinski definition) is 2. The third-order valence-electron chi connectivity index (χ3n) is 6.59. The van der Waals surface area contributed by atoms with E-state index < -0.39 is 11.5 Å². The van der Waals surface area contributed by atoms with Crippen molar-refractivity contribution in [3.8, 4) is 11.3 Å². The number of carbonyl (C=O) groups is 1. The third-order valence-corrected chi connectivity index (χ3v) is 6.59. The summed E-state index contributed by atoms with van der Waals surface area (Å²) < 4.78 is 0. The number of aromatic amines is 1. The number of nitrogens with one attached hydrogen (secondary N) is 2. The van der Waals surface area contributed by atoms with Crippen molar-refractivity contribution in [1.29, 1.82) is 0 Å². The van der Waals surface area contributed by atoms with Crippen molar-refractivity contribution in [2.75, 3.05) is 36.4 Å². The van der Waals surface area contributed by atoms with Crippen LogP contribution in [0.3, 0.4) is 0 Å². The molecule has 6 heteroatoms. The summed E-state index contributed by atoms with van der Waals surface area (Å²) in [4.78, 5) is 33.0. The number of carbonyl (C=O) groups excluding carboxylic acids is 1. The summed E-state index contributed by atoms with van der Waals surface area (Å²) in [5, 5.41) is 2.85. The van der Waals surface area contributed by atoms with Crippen molar-refractivity contribution in [2.24, 2.45) is 0 Å². The number of aromatic nitrogens is 1. The lowest BCUT2D eigenvalue weighted by Crippen LogP contribution is -2.45. The Morgan fingerprint density at radius 1 is 0.861 bits per heavy atom. The lowest BCUT2D eigenvalue weighted by molar-refractivity contribution is 0.102. The molecule has 5 rings (SSSR count). The van der Waals surface area contributed by atoms with Gasteiger partial charge in [-0.15, -0.1) is 0 Å². The molecule has 0 spiro atoms. The molecule has 0 unspecified atom stereocenters. The van der Waals surface area contributed by atoms with E-state index in [1.165, 1.54) is 5.56 Å². The van der Waals surface area contributed by atoms with E-state index in [-0.39, 0.29) is 5.56 Å². The Morgan fingerprint density at radius 3 is 2.31 bits per heavy atom. The van der Waals surface area contributed by atoms with Gasteiger partial charge in [-0.2, -0.15) is 0 Å². The van der Waals surface area contributed by atoms with Gasteiger partial charge in [-0.25, -0.2) is 0 Å². The minimum absolute atomic E-state index is 0.0880. The SMILES string of the molecule is Cc1cccc(-c2ccc(C(=O)Nc3ccc(N4CCN(Cc5ccccc5)CC4)cc3)c(=O)[nH]2)c1. The number of anilines is 2. The van der Waals surface area contributed by atoms with E-state index >= 15 is 0 Å². The normalized spacial score (nSPS) is 14.0. The first kappa shape index (κ1) is 23.6. The monoisotopic (exact) mass is 478 g/mol. The Hall–Kier alpha value is -4.16. The van der Waals surface area contributed by atoms with E-state index in [0.717, 1.165) is 49.5 Å². The predicted molar refractivity (Wildman–Crippen MR) is 146 cm³/mol. The van der Waals surface area contributed by atoms with Gasteiger partial charge in [-0.05, 0) is 60.5 Å². The second-order valence-corrected chi connectivity index (χ2v) is 9.23. The molecule has 1 fully saturated rings. The van der Waals surface area contributed by atoms with Crippen molar-refractivity contribution >= 4 is 17.3 Å². The number of amides is 1. The second-order valence-electron chi connectivity index (χ2n) is 9.23. The quantitative estimate of drug-likeness (QED) is 0.413. The zero-order valence-electron chi connectivity index (χ0n) is 20.4. The first-order valence-electron chi connectivity index (χ1n) is 12.3. The molecule has 4 aromatic rings. The molecule has 2 heterocycles. The van der Waals surface area contributed by atoms with Crippen LogP contribution in [-0.2, 0) is 6.54 Å². The number of nitrogens with zero attached hydrogens (tertiary/aromatic N) is 2. The lowest BCUT2D eigenvalue weighted by atomic mass is 10.1. The van der Waals surface area contributed by atoms with Gasteiger partial charge < -0.3 is 15.2 Å². The molecular weight excluding hydrogens is 448 g/mol. The predicted octanol–water partition coefficient (Wildman–Crippen LogP) is 4.92. The molecule has 36 heavy (non-hydrogen) atoms. The molecule has 6 nitrogen and oxygen atoms in total. The summed E-state index contributed by atoms with van der Waals surface area (Å²) in [6.45, 7) is 6.91. The Labute approximate surface area is 211 Å². The smallest absolute Gasteiger partial charge is 0.261 e. The average molecular weight is 479 g/mol.